The Morgan fingerprint density at radius 3 is 3.05 bits per heavy atom. The van der Waals surface area contributed by atoms with Crippen molar-refractivity contribution >= 4 is 5.69 Å². The number of hydrogen-bond acceptors (Lipinski definition) is 7. The molecule has 2 aromatic heterocycles. The van der Waals surface area contributed by atoms with E-state index in [1.807, 2.05) is 7.05 Å². The first-order valence-corrected chi connectivity index (χ1v) is 6.08. The van der Waals surface area contributed by atoms with Crippen LogP contribution in [0.4, 0.5) is 5.69 Å². The van der Waals surface area contributed by atoms with Gasteiger partial charge in [-0.05, 0) is 19.2 Å². The van der Waals surface area contributed by atoms with Crippen molar-refractivity contribution in [3.63, 3.8) is 0 Å². The third kappa shape index (κ3) is 2.56. The normalized spacial score (nSPS) is 20.6. The number of rotatable bonds is 2. The predicted octanol–water partition coefficient (Wildman–Crippen LogP) is 0.717. The molecule has 2 N–H and O–H groups in total. The van der Waals surface area contributed by atoms with Crippen molar-refractivity contribution < 1.29 is 9.26 Å². The zero-order valence-corrected chi connectivity index (χ0v) is 10.6. The monoisotopic (exact) mass is 261 g/mol. The van der Waals surface area contributed by atoms with Gasteiger partial charge in [-0.15, -0.1) is 0 Å². The van der Waals surface area contributed by atoms with E-state index < -0.39 is 0 Å². The largest absolute Gasteiger partial charge is 0.397 e. The van der Waals surface area contributed by atoms with Gasteiger partial charge in [-0.2, -0.15) is 4.98 Å². The maximum absolute atomic E-state index is 5.64. The van der Waals surface area contributed by atoms with Crippen LogP contribution >= 0.6 is 0 Å². The Morgan fingerprint density at radius 1 is 1.42 bits per heavy atom. The first kappa shape index (κ1) is 12.1. The highest BCUT2D eigenvalue weighted by Gasteiger charge is 2.24. The van der Waals surface area contributed by atoms with E-state index in [4.69, 9.17) is 15.0 Å². The third-order valence-corrected chi connectivity index (χ3v) is 3.00. The second-order valence-electron chi connectivity index (χ2n) is 4.56. The highest BCUT2D eigenvalue weighted by Crippen LogP contribution is 2.22. The van der Waals surface area contributed by atoms with Gasteiger partial charge in [-0.1, -0.05) is 5.16 Å². The first-order chi connectivity index (χ1) is 9.22. The highest BCUT2D eigenvalue weighted by atomic mass is 16.5. The fourth-order valence-electron chi connectivity index (χ4n) is 1.94. The molecule has 100 valence electrons. The van der Waals surface area contributed by atoms with Crippen molar-refractivity contribution in [1.29, 1.82) is 0 Å². The number of nitrogen functional groups attached to an aromatic ring is 1. The van der Waals surface area contributed by atoms with Crippen molar-refractivity contribution in [2.24, 2.45) is 0 Å². The minimum atomic E-state index is -0.148. The molecule has 0 saturated carbocycles. The highest BCUT2D eigenvalue weighted by molar-refractivity contribution is 5.50. The Bertz CT molecular complexity index is 554. The molecule has 19 heavy (non-hydrogen) atoms. The molecule has 0 aromatic carbocycles. The van der Waals surface area contributed by atoms with Gasteiger partial charge in [-0.3, -0.25) is 0 Å². The molecule has 3 rings (SSSR count). The number of pyridine rings is 1. The van der Waals surface area contributed by atoms with Crippen molar-refractivity contribution in [1.82, 2.24) is 20.0 Å². The van der Waals surface area contributed by atoms with E-state index in [1.165, 1.54) is 0 Å². The van der Waals surface area contributed by atoms with Crippen molar-refractivity contribution in [2.75, 3.05) is 32.5 Å². The fourth-order valence-corrected chi connectivity index (χ4v) is 1.94. The lowest BCUT2D eigenvalue weighted by Crippen LogP contribution is -2.35. The quantitative estimate of drug-likeness (QED) is 0.851. The van der Waals surface area contributed by atoms with Gasteiger partial charge in [0.05, 0.1) is 18.5 Å². The number of nitrogens with zero attached hydrogens (tertiary/aromatic N) is 4. The molecule has 3 heterocycles. The van der Waals surface area contributed by atoms with Crippen LogP contribution < -0.4 is 5.73 Å². The lowest BCUT2D eigenvalue weighted by Gasteiger charge is -2.27. The standard InChI is InChI=1S/C12H15N5O2/c1-17-4-5-18-10(7-17)11-15-12(19-16-11)9-3-2-8(13)6-14-9/h2-3,6,10H,4-5,7,13H2,1H3. The maximum atomic E-state index is 5.64. The van der Waals surface area contributed by atoms with Crippen molar-refractivity contribution in [3.05, 3.63) is 24.2 Å². The van der Waals surface area contributed by atoms with Crippen LogP contribution in [0.2, 0.25) is 0 Å². The summed E-state index contributed by atoms with van der Waals surface area (Å²) in [6.07, 6.45) is 1.41. The molecule has 2 aromatic rings. The summed E-state index contributed by atoms with van der Waals surface area (Å²) in [6.45, 7) is 2.35. The van der Waals surface area contributed by atoms with E-state index in [9.17, 15) is 0 Å². The fraction of sp³-hybridized carbons (Fsp3) is 0.417. The van der Waals surface area contributed by atoms with Crippen molar-refractivity contribution in [3.8, 4) is 11.6 Å². The number of nitrogens with two attached hydrogens (primary N) is 1. The molecule has 7 nitrogen and oxygen atoms in total. The summed E-state index contributed by atoms with van der Waals surface area (Å²) in [4.78, 5) is 10.7. The molecule has 1 fully saturated rings. The topological polar surface area (TPSA) is 90.3 Å². The lowest BCUT2D eigenvalue weighted by atomic mass is 10.2. The summed E-state index contributed by atoms with van der Waals surface area (Å²) < 4.78 is 10.9. The minimum Gasteiger partial charge on any atom is -0.397 e. The van der Waals surface area contributed by atoms with Gasteiger partial charge in [-0.25, -0.2) is 4.98 Å². The third-order valence-electron chi connectivity index (χ3n) is 3.00. The zero-order valence-electron chi connectivity index (χ0n) is 10.6. The predicted molar refractivity (Wildman–Crippen MR) is 68.1 cm³/mol. The summed E-state index contributed by atoms with van der Waals surface area (Å²) in [6, 6.07) is 3.50. The summed E-state index contributed by atoms with van der Waals surface area (Å²) in [7, 11) is 2.04. The van der Waals surface area contributed by atoms with Crippen molar-refractivity contribution in [2.45, 2.75) is 6.10 Å². The van der Waals surface area contributed by atoms with E-state index in [1.54, 1.807) is 18.3 Å². The lowest BCUT2D eigenvalue weighted by molar-refractivity contribution is -0.0264. The minimum absolute atomic E-state index is 0.148. The second-order valence-corrected chi connectivity index (χ2v) is 4.56. The van der Waals surface area contributed by atoms with Crippen LogP contribution in [0.5, 0.6) is 0 Å². The van der Waals surface area contributed by atoms with Gasteiger partial charge in [0, 0.05) is 13.1 Å². The van der Waals surface area contributed by atoms with Crippen LogP contribution in [0.1, 0.15) is 11.9 Å². The second kappa shape index (κ2) is 4.94. The molecule has 7 heteroatoms. The van der Waals surface area contributed by atoms with Crippen LogP contribution in [0, 0.1) is 0 Å². The van der Waals surface area contributed by atoms with E-state index in [0.29, 0.717) is 29.7 Å². The Hall–Kier alpha value is -1.99. The summed E-state index contributed by atoms with van der Waals surface area (Å²) in [5, 5.41) is 3.96. The maximum Gasteiger partial charge on any atom is 0.276 e. The number of likely N-dealkylation sites (N-methyl/N-ethyl adjacent to an activating group) is 1. The number of morpholine rings is 1. The van der Waals surface area contributed by atoms with Gasteiger partial charge in [0.15, 0.2) is 0 Å². The molecule has 1 saturated heterocycles. The molecule has 0 radical (unpaired) electrons. The molecule has 0 amide bonds. The van der Waals surface area contributed by atoms with Gasteiger partial charge < -0.3 is 19.9 Å². The molecular weight excluding hydrogens is 246 g/mol. The van der Waals surface area contributed by atoms with E-state index in [0.717, 1.165) is 13.1 Å². The van der Waals surface area contributed by atoms with Gasteiger partial charge in [0.1, 0.15) is 11.8 Å². The molecule has 0 spiro atoms. The average Bonchev–Trinajstić information content (AvgIpc) is 2.89. The number of aromatic nitrogens is 3. The van der Waals surface area contributed by atoms with Crippen LogP contribution in [-0.2, 0) is 4.74 Å². The Labute approximate surface area is 110 Å². The summed E-state index contributed by atoms with van der Waals surface area (Å²) in [5.74, 6) is 0.937. The smallest absolute Gasteiger partial charge is 0.276 e. The molecule has 1 aliphatic heterocycles. The molecular formula is C12H15N5O2. The molecule has 1 unspecified atom stereocenters. The Kier molecular flexibility index (Phi) is 3.14. The van der Waals surface area contributed by atoms with Gasteiger partial charge >= 0.3 is 0 Å². The Morgan fingerprint density at radius 2 is 2.32 bits per heavy atom. The molecule has 0 bridgehead atoms. The number of ether oxygens (including phenoxy) is 1. The molecule has 1 atom stereocenters. The summed E-state index contributed by atoms with van der Waals surface area (Å²) >= 11 is 0. The average molecular weight is 261 g/mol. The number of anilines is 1. The van der Waals surface area contributed by atoms with Crippen LogP contribution in [0.15, 0.2) is 22.9 Å². The molecule has 0 aliphatic carbocycles. The first-order valence-electron chi connectivity index (χ1n) is 6.08. The van der Waals surface area contributed by atoms with E-state index >= 15 is 0 Å². The van der Waals surface area contributed by atoms with Crippen LogP contribution in [0.3, 0.4) is 0 Å². The zero-order chi connectivity index (χ0) is 13.2. The van der Waals surface area contributed by atoms with E-state index in [2.05, 4.69) is 20.0 Å². The Balaban J connectivity index is 1.81. The summed E-state index contributed by atoms with van der Waals surface area (Å²) in [5.41, 5.74) is 6.79. The molecule has 1 aliphatic rings. The van der Waals surface area contributed by atoms with E-state index in [-0.39, 0.29) is 6.10 Å². The van der Waals surface area contributed by atoms with Gasteiger partial charge in [0.2, 0.25) is 5.82 Å². The van der Waals surface area contributed by atoms with Crippen LogP contribution in [0.25, 0.3) is 11.6 Å². The van der Waals surface area contributed by atoms with Gasteiger partial charge in [0.25, 0.3) is 5.89 Å². The van der Waals surface area contributed by atoms with Crippen LogP contribution in [-0.4, -0.2) is 46.8 Å². The SMILES string of the molecule is CN1CCOC(c2noc(-c3ccc(N)cn3)n2)C1. The number of hydrogen-bond donors (Lipinski definition) is 1.